The molecule has 0 aliphatic heterocycles. The van der Waals surface area contributed by atoms with Gasteiger partial charge < -0.3 is 10.5 Å². The molecule has 0 atom stereocenters. The summed E-state index contributed by atoms with van der Waals surface area (Å²) >= 11 is 0. The minimum Gasteiger partial charge on any atom is -0.456 e. The monoisotopic (exact) mass is 249 g/mol. The fourth-order valence-corrected chi connectivity index (χ4v) is 1.70. The van der Waals surface area contributed by atoms with E-state index >= 15 is 0 Å². The van der Waals surface area contributed by atoms with Gasteiger partial charge in [0.05, 0.1) is 5.56 Å². The van der Waals surface area contributed by atoms with E-state index < -0.39 is 5.60 Å². The second-order valence-corrected chi connectivity index (χ2v) is 5.52. The Bertz CT molecular complexity index is 419. The van der Waals surface area contributed by atoms with Gasteiger partial charge in [-0.05, 0) is 51.3 Å². The van der Waals surface area contributed by atoms with Crippen LogP contribution in [0.4, 0.5) is 5.69 Å². The Morgan fingerprint density at radius 2 is 2.00 bits per heavy atom. The molecule has 0 fully saturated rings. The van der Waals surface area contributed by atoms with Crippen molar-refractivity contribution in [2.75, 3.05) is 5.73 Å². The Labute approximate surface area is 109 Å². The van der Waals surface area contributed by atoms with Crippen LogP contribution >= 0.6 is 0 Å². The maximum Gasteiger partial charge on any atom is 0.339 e. The molecule has 0 bridgehead atoms. The Balaban J connectivity index is 2.97. The number of hydrogen-bond donors (Lipinski definition) is 1. The van der Waals surface area contributed by atoms with Crippen LogP contribution in [0.15, 0.2) is 18.2 Å². The lowest BCUT2D eigenvalue weighted by molar-refractivity contribution is 0.00684. The van der Waals surface area contributed by atoms with Gasteiger partial charge in [-0.3, -0.25) is 0 Å². The number of aryl methyl sites for hydroxylation is 1. The van der Waals surface area contributed by atoms with E-state index in [2.05, 4.69) is 6.92 Å². The molecule has 0 aliphatic carbocycles. The van der Waals surface area contributed by atoms with Crippen LogP contribution in [0.3, 0.4) is 0 Å². The molecule has 1 rings (SSSR count). The molecule has 0 spiro atoms. The summed E-state index contributed by atoms with van der Waals surface area (Å²) in [5.41, 5.74) is 7.47. The number of nitrogens with two attached hydrogens (primary N) is 1. The zero-order valence-electron chi connectivity index (χ0n) is 11.7. The van der Waals surface area contributed by atoms with Gasteiger partial charge in [0.15, 0.2) is 0 Å². The van der Waals surface area contributed by atoms with Crippen molar-refractivity contribution in [3.63, 3.8) is 0 Å². The van der Waals surface area contributed by atoms with E-state index in [-0.39, 0.29) is 5.97 Å². The van der Waals surface area contributed by atoms with Crippen LogP contribution in [0.1, 0.15) is 56.5 Å². The molecule has 3 nitrogen and oxygen atoms in total. The highest BCUT2D eigenvalue weighted by atomic mass is 16.6. The van der Waals surface area contributed by atoms with Crippen molar-refractivity contribution in [3.05, 3.63) is 29.3 Å². The highest BCUT2D eigenvalue weighted by Gasteiger charge is 2.20. The van der Waals surface area contributed by atoms with Crippen molar-refractivity contribution in [1.29, 1.82) is 0 Å². The average Bonchev–Trinajstić information content (AvgIpc) is 2.25. The largest absolute Gasteiger partial charge is 0.456 e. The van der Waals surface area contributed by atoms with E-state index in [9.17, 15) is 4.79 Å². The molecule has 0 unspecified atom stereocenters. The van der Waals surface area contributed by atoms with Gasteiger partial charge in [0.1, 0.15) is 5.60 Å². The number of hydrogen-bond acceptors (Lipinski definition) is 3. The third-order valence-electron chi connectivity index (χ3n) is 2.55. The summed E-state index contributed by atoms with van der Waals surface area (Å²) in [6.07, 6.45) is 3.03. The summed E-state index contributed by atoms with van der Waals surface area (Å²) in [5, 5.41) is 0. The number of rotatable bonds is 4. The Kier molecular flexibility index (Phi) is 4.76. The molecule has 2 N–H and O–H groups in total. The van der Waals surface area contributed by atoms with Crippen LogP contribution in [0.25, 0.3) is 0 Å². The van der Waals surface area contributed by atoms with Crippen molar-refractivity contribution in [2.24, 2.45) is 0 Å². The summed E-state index contributed by atoms with van der Waals surface area (Å²) < 4.78 is 5.40. The molecular formula is C15H23NO2. The predicted molar refractivity (Wildman–Crippen MR) is 74.6 cm³/mol. The summed E-state index contributed by atoms with van der Waals surface area (Å²) in [4.78, 5) is 12.1. The molecule has 0 aromatic heterocycles. The highest BCUT2D eigenvalue weighted by molar-refractivity contribution is 5.92. The molecular weight excluding hydrogens is 226 g/mol. The van der Waals surface area contributed by atoms with Crippen LogP contribution in [-0.4, -0.2) is 11.6 Å². The van der Waals surface area contributed by atoms with E-state index in [4.69, 9.17) is 10.5 Å². The van der Waals surface area contributed by atoms with E-state index in [1.54, 1.807) is 6.07 Å². The number of esters is 1. The molecule has 0 aliphatic rings. The molecule has 18 heavy (non-hydrogen) atoms. The van der Waals surface area contributed by atoms with Crippen molar-refractivity contribution in [1.82, 2.24) is 0 Å². The lowest BCUT2D eigenvalue weighted by atomic mass is 10.0. The van der Waals surface area contributed by atoms with Crippen LogP contribution in [0.5, 0.6) is 0 Å². The Hall–Kier alpha value is -1.51. The maximum atomic E-state index is 12.1. The van der Waals surface area contributed by atoms with Crippen LogP contribution in [0, 0.1) is 0 Å². The molecule has 100 valence electrons. The van der Waals surface area contributed by atoms with Gasteiger partial charge in [0.25, 0.3) is 0 Å². The van der Waals surface area contributed by atoms with Crippen LogP contribution in [-0.2, 0) is 11.2 Å². The maximum absolute atomic E-state index is 12.1. The third-order valence-corrected chi connectivity index (χ3v) is 2.55. The SMILES string of the molecule is CCCCc1ccc(N)cc1C(=O)OC(C)(C)C. The normalized spacial score (nSPS) is 11.3. The molecule has 3 heteroatoms. The minimum atomic E-state index is -0.482. The van der Waals surface area contributed by atoms with E-state index in [1.165, 1.54) is 0 Å². The summed E-state index contributed by atoms with van der Waals surface area (Å²) in [6, 6.07) is 5.46. The number of anilines is 1. The van der Waals surface area contributed by atoms with Crippen LogP contribution < -0.4 is 5.73 Å². The standard InChI is InChI=1S/C15H23NO2/c1-5-6-7-11-8-9-12(16)10-13(11)14(17)18-15(2,3)4/h8-10H,5-7,16H2,1-4H3. The Morgan fingerprint density at radius 1 is 1.33 bits per heavy atom. The number of nitrogen functional groups attached to an aromatic ring is 1. The first-order valence-electron chi connectivity index (χ1n) is 6.45. The quantitative estimate of drug-likeness (QED) is 0.655. The lowest BCUT2D eigenvalue weighted by Gasteiger charge is -2.20. The average molecular weight is 249 g/mol. The van der Waals surface area contributed by atoms with Crippen LogP contribution in [0.2, 0.25) is 0 Å². The smallest absolute Gasteiger partial charge is 0.339 e. The first kappa shape index (κ1) is 14.6. The zero-order chi connectivity index (χ0) is 13.8. The fourth-order valence-electron chi connectivity index (χ4n) is 1.70. The third kappa shape index (κ3) is 4.40. The van der Waals surface area contributed by atoms with Crippen molar-refractivity contribution >= 4 is 11.7 Å². The van der Waals surface area contributed by atoms with E-state index in [1.807, 2.05) is 32.9 Å². The van der Waals surface area contributed by atoms with Crippen molar-refractivity contribution in [3.8, 4) is 0 Å². The highest BCUT2D eigenvalue weighted by Crippen LogP contribution is 2.20. The van der Waals surface area contributed by atoms with Crippen molar-refractivity contribution in [2.45, 2.75) is 52.6 Å². The van der Waals surface area contributed by atoms with E-state index in [0.29, 0.717) is 11.3 Å². The number of ether oxygens (including phenoxy) is 1. The zero-order valence-corrected chi connectivity index (χ0v) is 11.7. The lowest BCUT2D eigenvalue weighted by Crippen LogP contribution is -2.24. The van der Waals surface area contributed by atoms with Gasteiger partial charge in [-0.15, -0.1) is 0 Å². The predicted octanol–water partition coefficient (Wildman–Crippen LogP) is 3.57. The van der Waals surface area contributed by atoms with Gasteiger partial charge in [-0.1, -0.05) is 19.4 Å². The van der Waals surface area contributed by atoms with Crippen molar-refractivity contribution < 1.29 is 9.53 Å². The molecule has 0 amide bonds. The summed E-state index contributed by atoms with van der Waals surface area (Å²) in [5.74, 6) is -0.291. The second-order valence-electron chi connectivity index (χ2n) is 5.52. The first-order valence-corrected chi connectivity index (χ1v) is 6.45. The Morgan fingerprint density at radius 3 is 2.56 bits per heavy atom. The minimum absolute atomic E-state index is 0.291. The summed E-state index contributed by atoms with van der Waals surface area (Å²) in [6.45, 7) is 7.72. The van der Waals surface area contributed by atoms with Gasteiger partial charge in [0.2, 0.25) is 0 Å². The second kappa shape index (κ2) is 5.89. The van der Waals surface area contributed by atoms with Gasteiger partial charge >= 0.3 is 5.97 Å². The van der Waals surface area contributed by atoms with E-state index in [0.717, 1.165) is 24.8 Å². The van der Waals surface area contributed by atoms with Gasteiger partial charge in [-0.25, -0.2) is 4.79 Å². The number of benzene rings is 1. The molecule has 1 aromatic carbocycles. The van der Waals surface area contributed by atoms with Gasteiger partial charge in [-0.2, -0.15) is 0 Å². The number of carbonyl (C=O) groups is 1. The topological polar surface area (TPSA) is 52.3 Å². The molecule has 0 saturated carbocycles. The molecule has 0 saturated heterocycles. The summed E-state index contributed by atoms with van der Waals surface area (Å²) in [7, 11) is 0. The molecule has 0 radical (unpaired) electrons. The number of unbranched alkanes of at least 4 members (excludes halogenated alkanes) is 1. The fraction of sp³-hybridized carbons (Fsp3) is 0.533. The number of carbonyl (C=O) groups excluding carboxylic acids is 1. The van der Waals surface area contributed by atoms with Gasteiger partial charge in [0, 0.05) is 5.69 Å². The first-order chi connectivity index (χ1) is 8.33. The molecule has 1 aromatic rings. The molecule has 0 heterocycles.